The number of anilines is 1. The Morgan fingerprint density at radius 1 is 0.821 bits per heavy atom. The Bertz CT molecular complexity index is 1070. The quantitative estimate of drug-likeness (QED) is 0.481. The predicted octanol–water partition coefficient (Wildman–Crippen LogP) is 3.41. The highest BCUT2D eigenvalue weighted by Gasteiger charge is 2.21. The van der Waals surface area contributed by atoms with Crippen LogP contribution in [0.1, 0.15) is 17.2 Å². The fourth-order valence-corrected chi connectivity index (χ4v) is 3.05. The fraction of sp³-hybridized carbons (Fsp3) is 0.0455. The Balaban J connectivity index is 1.52. The van der Waals surface area contributed by atoms with Crippen molar-refractivity contribution < 1.29 is 9.59 Å². The van der Waals surface area contributed by atoms with Gasteiger partial charge in [0.05, 0.1) is 23.4 Å². The second-order valence-corrected chi connectivity index (χ2v) is 6.32. The van der Waals surface area contributed by atoms with Gasteiger partial charge in [0.1, 0.15) is 0 Å². The lowest BCUT2D eigenvalue weighted by molar-refractivity contribution is -0.136. The van der Waals surface area contributed by atoms with Crippen LogP contribution in [0.25, 0.3) is 11.0 Å². The molecule has 0 aliphatic carbocycles. The number of hydrogen-bond acceptors (Lipinski definition) is 3. The van der Waals surface area contributed by atoms with Crippen LogP contribution in [0.2, 0.25) is 0 Å². The van der Waals surface area contributed by atoms with Crippen LogP contribution in [0.3, 0.4) is 0 Å². The molecule has 3 aromatic carbocycles. The van der Waals surface area contributed by atoms with E-state index < -0.39 is 17.9 Å². The third-order valence-electron chi connectivity index (χ3n) is 4.43. The maximum atomic E-state index is 12.6. The van der Waals surface area contributed by atoms with E-state index in [-0.39, 0.29) is 0 Å². The Labute approximate surface area is 161 Å². The van der Waals surface area contributed by atoms with Crippen LogP contribution < -0.4 is 10.6 Å². The van der Waals surface area contributed by atoms with E-state index in [0.29, 0.717) is 5.69 Å². The molecular weight excluding hydrogens is 352 g/mol. The summed E-state index contributed by atoms with van der Waals surface area (Å²) in [5.41, 5.74) is 3.88. The first-order valence-electron chi connectivity index (χ1n) is 8.85. The van der Waals surface area contributed by atoms with Gasteiger partial charge in [0, 0.05) is 5.69 Å². The number of amides is 2. The number of hydrogen-bond donors (Lipinski definition) is 3. The molecule has 3 N–H and O–H groups in total. The van der Waals surface area contributed by atoms with Gasteiger partial charge in [-0.05, 0) is 29.3 Å². The molecule has 0 fully saturated rings. The number of H-pyrrole nitrogens is 1. The number of benzene rings is 3. The van der Waals surface area contributed by atoms with E-state index >= 15 is 0 Å². The maximum Gasteiger partial charge on any atom is 0.313 e. The molecule has 0 bridgehead atoms. The summed E-state index contributed by atoms with van der Waals surface area (Å²) in [5, 5.41) is 5.46. The Kier molecular flexibility index (Phi) is 4.84. The van der Waals surface area contributed by atoms with E-state index in [4.69, 9.17) is 0 Å². The summed E-state index contributed by atoms with van der Waals surface area (Å²) in [4.78, 5) is 32.1. The molecule has 4 rings (SSSR count). The lowest BCUT2D eigenvalue weighted by atomic mass is 9.99. The molecular formula is C22H18N4O2. The normalized spacial score (nSPS) is 10.8. The minimum Gasteiger partial charge on any atom is -0.345 e. The number of imidazole rings is 1. The van der Waals surface area contributed by atoms with Crippen LogP contribution in [0.4, 0.5) is 5.69 Å². The van der Waals surface area contributed by atoms with E-state index in [9.17, 15) is 9.59 Å². The molecule has 0 saturated carbocycles. The van der Waals surface area contributed by atoms with Gasteiger partial charge in [-0.15, -0.1) is 0 Å². The van der Waals surface area contributed by atoms with Gasteiger partial charge in [0.25, 0.3) is 0 Å². The zero-order valence-corrected chi connectivity index (χ0v) is 14.9. The van der Waals surface area contributed by atoms with E-state index in [1.54, 1.807) is 24.5 Å². The standard InChI is InChI=1S/C22H18N4O2/c27-21(25-17-11-12-18-19(13-17)24-14-23-18)22(28)26-20(15-7-3-1-4-8-15)16-9-5-2-6-10-16/h1-14,20H,(H,23,24)(H,25,27)(H,26,28). The van der Waals surface area contributed by atoms with Gasteiger partial charge < -0.3 is 15.6 Å². The molecule has 0 saturated heterocycles. The molecule has 2 amide bonds. The molecule has 0 unspecified atom stereocenters. The number of nitrogens with zero attached hydrogens (tertiary/aromatic N) is 1. The number of aromatic amines is 1. The van der Waals surface area contributed by atoms with E-state index in [0.717, 1.165) is 22.2 Å². The van der Waals surface area contributed by atoms with Gasteiger partial charge in [0.2, 0.25) is 0 Å². The van der Waals surface area contributed by atoms with Gasteiger partial charge in [-0.1, -0.05) is 60.7 Å². The topological polar surface area (TPSA) is 86.9 Å². The van der Waals surface area contributed by atoms with Gasteiger partial charge in [-0.3, -0.25) is 9.59 Å². The first kappa shape index (κ1) is 17.5. The average Bonchev–Trinajstić information content (AvgIpc) is 3.21. The summed E-state index contributed by atoms with van der Waals surface area (Å²) < 4.78 is 0. The van der Waals surface area contributed by atoms with Crippen molar-refractivity contribution in [3.8, 4) is 0 Å². The van der Waals surface area contributed by atoms with Gasteiger partial charge in [-0.2, -0.15) is 0 Å². The highest BCUT2D eigenvalue weighted by atomic mass is 16.2. The van der Waals surface area contributed by atoms with Crippen LogP contribution in [0, 0.1) is 0 Å². The lowest BCUT2D eigenvalue weighted by Crippen LogP contribution is -2.38. The second-order valence-electron chi connectivity index (χ2n) is 6.32. The minimum absolute atomic E-state index is 0.421. The van der Waals surface area contributed by atoms with Crippen molar-refractivity contribution >= 4 is 28.5 Å². The van der Waals surface area contributed by atoms with Crippen molar-refractivity contribution in [2.24, 2.45) is 0 Å². The van der Waals surface area contributed by atoms with Crippen LogP contribution in [0.15, 0.2) is 85.2 Å². The van der Waals surface area contributed by atoms with Gasteiger partial charge >= 0.3 is 11.8 Å². The molecule has 0 atom stereocenters. The number of carbonyl (C=O) groups is 2. The van der Waals surface area contributed by atoms with Crippen LogP contribution in [-0.4, -0.2) is 21.8 Å². The van der Waals surface area contributed by atoms with Crippen molar-refractivity contribution in [2.75, 3.05) is 5.32 Å². The summed E-state index contributed by atoms with van der Waals surface area (Å²) in [6.45, 7) is 0. The molecule has 6 nitrogen and oxygen atoms in total. The highest BCUT2D eigenvalue weighted by Crippen LogP contribution is 2.22. The Hall–Kier alpha value is -3.93. The summed E-state index contributed by atoms with van der Waals surface area (Å²) in [6, 6.07) is 23.9. The Morgan fingerprint density at radius 3 is 2.11 bits per heavy atom. The second kappa shape index (κ2) is 7.75. The van der Waals surface area contributed by atoms with Gasteiger partial charge in [0.15, 0.2) is 0 Å². The third kappa shape index (κ3) is 3.76. The number of nitrogens with one attached hydrogen (secondary N) is 3. The number of carbonyl (C=O) groups excluding carboxylic acids is 2. The number of aromatic nitrogens is 2. The average molecular weight is 370 g/mol. The van der Waals surface area contributed by atoms with Crippen LogP contribution >= 0.6 is 0 Å². The van der Waals surface area contributed by atoms with Crippen molar-refractivity contribution in [3.63, 3.8) is 0 Å². The SMILES string of the molecule is O=C(Nc1ccc2nc[nH]c2c1)C(=O)NC(c1ccccc1)c1ccccc1. The van der Waals surface area contributed by atoms with E-state index in [1.807, 2.05) is 60.7 Å². The molecule has 1 heterocycles. The predicted molar refractivity (Wildman–Crippen MR) is 108 cm³/mol. The van der Waals surface area contributed by atoms with Gasteiger partial charge in [-0.25, -0.2) is 4.98 Å². The maximum absolute atomic E-state index is 12.6. The summed E-state index contributed by atoms with van der Waals surface area (Å²) in [5.74, 6) is -1.43. The smallest absolute Gasteiger partial charge is 0.313 e. The third-order valence-corrected chi connectivity index (χ3v) is 4.43. The molecule has 138 valence electrons. The lowest BCUT2D eigenvalue weighted by Gasteiger charge is -2.19. The Morgan fingerprint density at radius 2 is 1.46 bits per heavy atom. The van der Waals surface area contributed by atoms with E-state index in [2.05, 4.69) is 20.6 Å². The zero-order valence-electron chi connectivity index (χ0n) is 14.9. The molecule has 6 heteroatoms. The van der Waals surface area contributed by atoms with Crippen molar-refractivity contribution in [2.45, 2.75) is 6.04 Å². The largest absolute Gasteiger partial charge is 0.345 e. The molecule has 28 heavy (non-hydrogen) atoms. The minimum atomic E-state index is -0.726. The summed E-state index contributed by atoms with van der Waals surface area (Å²) in [6.07, 6.45) is 1.58. The first-order valence-corrected chi connectivity index (χ1v) is 8.85. The number of rotatable bonds is 4. The van der Waals surface area contributed by atoms with Crippen molar-refractivity contribution in [1.82, 2.24) is 15.3 Å². The first-order chi connectivity index (χ1) is 13.7. The zero-order chi connectivity index (χ0) is 19.3. The molecule has 0 aliphatic rings. The monoisotopic (exact) mass is 370 g/mol. The van der Waals surface area contributed by atoms with Crippen molar-refractivity contribution in [1.29, 1.82) is 0 Å². The summed E-state index contributed by atoms with van der Waals surface area (Å²) in [7, 11) is 0. The van der Waals surface area contributed by atoms with Crippen LogP contribution in [0.5, 0.6) is 0 Å². The fourth-order valence-electron chi connectivity index (χ4n) is 3.05. The molecule has 4 aromatic rings. The highest BCUT2D eigenvalue weighted by molar-refractivity contribution is 6.39. The van der Waals surface area contributed by atoms with Crippen LogP contribution in [-0.2, 0) is 9.59 Å². The number of fused-ring (bicyclic) bond motifs is 1. The van der Waals surface area contributed by atoms with E-state index in [1.165, 1.54) is 0 Å². The molecule has 0 aliphatic heterocycles. The molecule has 0 radical (unpaired) electrons. The molecule has 0 spiro atoms. The molecule has 1 aromatic heterocycles. The summed E-state index contributed by atoms with van der Waals surface area (Å²) >= 11 is 0. The van der Waals surface area contributed by atoms with Crippen molar-refractivity contribution in [3.05, 3.63) is 96.3 Å².